The van der Waals surface area contributed by atoms with Crippen molar-refractivity contribution in [2.24, 2.45) is 5.73 Å². The van der Waals surface area contributed by atoms with E-state index in [4.69, 9.17) is 10.5 Å². The molecule has 0 heterocycles. The fourth-order valence-electron chi connectivity index (χ4n) is 3.93. The number of nitrogens with zero attached hydrogens (tertiary/aromatic N) is 2. The number of carbonyl (C=O) groups is 1. The average molecular weight is 424 g/mol. The van der Waals surface area contributed by atoms with Gasteiger partial charge in [-0.15, -0.1) is 0 Å². The van der Waals surface area contributed by atoms with Crippen LogP contribution in [0, 0.1) is 0 Å². The van der Waals surface area contributed by atoms with Gasteiger partial charge < -0.3 is 20.3 Å². The van der Waals surface area contributed by atoms with E-state index in [1.54, 1.807) is 7.05 Å². The minimum Gasteiger partial charge on any atom is -0.414 e. The average Bonchev–Trinajstić information content (AvgIpc) is 2.76. The van der Waals surface area contributed by atoms with E-state index in [9.17, 15) is 4.79 Å². The SMILES string of the molecule is C/C=C(/OC(=O)N(C)C[C@H](C)N)C(C[C@@H](C)N(C)C)(c1ccccc1)c1ccccc1. The van der Waals surface area contributed by atoms with Gasteiger partial charge in [-0.3, -0.25) is 0 Å². The second kappa shape index (κ2) is 11.1. The first-order chi connectivity index (χ1) is 14.7. The molecule has 0 spiro atoms. The molecule has 5 heteroatoms. The minimum atomic E-state index is -0.619. The Balaban J connectivity index is 2.64. The van der Waals surface area contributed by atoms with Crippen molar-refractivity contribution in [3.8, 4) is 0 Å². The monoisotopic (exact) mass is 423 g/mol. The molecule has 0 aliphatic heterocycles. The molecule has 2 rings (SSSR count). The number of allylic oxidation sites excluding steroid dienone is 2. The van der Waals surface area contributed by atoms with E-state index in [1.165, 1.54) is 4.90 Å². The molecule has 2 aromatic rings. The van der Waals surface area contributed by atoms with Gasteiger partial charge in [0.2, 0.25) is 0 Å². The summed E-state index contributed by atoms with van der Waals surface area (Å²) in [5, 5.41) is 0. The van der Waals surface area contributed by atoms with Gasteiger partial charge in [0.25, 0.3) is 0 Å². The molecule has 1 amide bonds. The summed E-state index contributed by atoms with van der Waals surface area (Å²) in [4.78, 5) is 16.7. The van der Waals surface area contributed by atoms with E-state index in [1.807, 2.05) is 56.3 Å². The molecule has 0 radical (unpaired) electrons. The Hall–Kier alpha value is -2.63. The van der Waals surface area contributed by atoms with Crippen molar-refractivity contribution in [1.29, 1.82) is 0 Å². The van der Waals surface area contributed by atoms with Gasteiger partial charge in [-0.1, -0.05) is 60.7 Å². The molecule has 2 aromatic carbocycles. The van der Waals surface area contributed by atoms with Crippen molar-refractivity contribution < 1.29 is 9.53 Å². The van der Waals surface area contributed by atoms with Crippen LogP contribution < -0.4 is 5.73 Å². The zero-order valence-corrected chi connectivity index (χ0v) is 19.7. The summed E-state index contributed by atoms with van der Waals surface area (Å²) in [6.45, 7) is 6.41. The number of hydrogen-bond acceptors (Lipinski definition) is 4. The number of ether oxygens (including phenoxy) is 1. The quantitative estimate of drug-likeness (QED) is 0.597. The molecule has 2 N–H and O–H groups in total. The van der Waals surface area contributed by atoms with Gasteiger partial charge >= 0.3 is 6.09 Å². The van der Waals surface area contributed by atoms with E-state index < -0.39 is 11.5 Å². The van der Waals surface area contributed by atoms with Crippen LogP contribution in [-0.4, -0.2) is 55.7 Å². The highest BCUT2D eigenvalue weighted by Crippen LogP contribution is 2.44. The maximum Gasteiger partial charge on any atom is 0.414 e. The highest BCUT2D eigenvalue weighted by atomic mass is 16.6. The summed E-state index contributed by atoms with van der Waals surface area (Å²) >= 11 is 0. The van der Waals surface area contributed by atoms with E-state index in [0.29, 0.717) is 12.3 Å². The lowest BCUT2D eigenvalue weighted by Crippen LogP contribution is -2.42. The lowest BCUT2D eigenvalue weighted by atomic mass is 9.68. The molecule has 0 saturated carbocycles. The molecule has 0 aliphatic rings. The molecule has 5 nitrogen and oxygen atoms in total. The Labute approximate surface area is 187 Å². The van der Waals surface area contributed by atoms with E-state index in [2.05, 4.69) is 50.2 Å². The fourth-order valence-corrected chi connectivity index (χ4v) is 3.93. The number of likely N-dealkylation sites (N-methyl/N-ethyl adjacent to an activating group) is 1. The van der Waals surface area contributed by atoms with Crippen molar-refractivity contribution in [3.63, 3.8) is 0 Å². The van der Waals surface area contributed by atoms with Crippen molar-refractivity contribution in [2.75, 3.05) is 27.7 Å². The first kappa shape index (κ1) is 24.6. The topological polar surface area (TPSA) is 58.8 Å². The Morgan fingerprint density at radius 1 is 1.00 bits per heavy atom. The number of nitrogens with two attached hydrogens (primary N) is 1. The van der Waals surface area contributed by atoms with Crippen LogP contribution >= 0.6 is 0 Å². The summed E-state index contributed by atoms with van der Waals surface area (Å²) < 4.78 is 6.09. The Morgan fingerprint density at radius 3 is 1.87 bits per heavy atom. The highest BCUT2D eigenvalue weighted by molar-refractivity contribution is 5.69. The molecule has 0 saturated heterocycles. The lowest BCUT2D eigenvalue weighted by Gasteiger charge is -2.40. The van der Waals surface area contributed by atoms with Crippen LogP contribution in [0.1, 0.15) is 38.3 Å². The summed E-state index contributed by atoms with van der Waals surface area (Å²) in [5.41, 5.74) is 7.45. The number of rotatable bonds is 9. The maximum absolute atomic E-state index is 13.0. The predicted molar refractivity (Wildman–Crippen MR) is 128 cm³/mol. The second-order valence-electron chi connectivity index (χ2n) is 8.53. The standard InChI is InChI=1S/C26H37N3O2/c1-7-24(31-25(30)29(6)19-20(2)27)26(18-21(3)28(4)5,22-14-10-8-11-15-22)23-16-12-9-13-17-23/h7-17,20-21H,18-19,27H2,1-6H3/b24-7+/t20-,21+/m0/s1. The van der Waals surface area contributed by atoms with E-state index in [-0.39, 0.29) is 12.1 Å². The summed E-state index contributed by atoms with van der Waals surface area (Å²) in [6, 6.07) is 20.7. The van der Waals surface area contributed by atoms with Gasteiger partial charge in [0.05, 0.1) is 5.41 Å². The van der Waals surface area contributed by atoms with Crippen LogP contribution in [0.25, 0.3) is 0 Å². The van der Waals surface area contributed by atoms with Crippen molar-refractivity contribution in [1.82, 2.24) is 9.80 Å². The van der Waals surface area contributed by atoms with Crippen LogP contribution in [-0.2, 0) is 10.2 Å². The Morgan fingerprint density at radius 2 is 1.48 bits per heavy atom. The third kappa shape index (κ3) is 5.96. The zero-order valence-electron chi connectivity index (χ0n) is 19.7. The van der Waals surface area contributed by atoms with Gasteiger partial charge in [0, 0.05) is 25.7 Å². The largest absolute Gasteiger partial charge is 0.414 e. The lowest BCUT2D eigenvalue weighted by molar-refractivity contribution is 0.120. The van der Waals surface area contributed by atoms with Crippen molar-refractivity contribution >= 4 is 6.09 Å². The molecule has 0 bridgehead atoms. The van der Waals surface area contributed by atoms with Gasteiger partial charge in [-0.2, -0.15) is 0 Å². The summed E-state index contributed by atoms with van der Waals surface area (Å²) in [7, 11) is 5.86. The van der Waals surface area contributed by atoms with Crippen LogP contribution in [0.4, 0.5) is 4.79 Å². The third-order valence-corrected chi connectivity index (χ3v) is 5.77. The van der Waals surface area contributed by atoms with Crippen LogP contribution in [0.3, 0.4) is 0 Å². The van der Waals surface area contributed by atoms with Gasteiger partial charge in [-0.05, 0) is 58.5 Å². The maximum atomic E-state index is 13.0. The van der Waals surface area contributed by atoms with Crippen LogP contribution in [0.5, 0.6) is 0 Å². The zero-order chi connectivity index (χ0) is 23.0. The van der Waals surface area contributed by atoms with Crippen molar-refractivity contribution in [3.05, 3.63) is 83.6 Å². The second-order valence-corrected chi connectivity index (χ2v) is 8.53. The van der Waals surface area contributed by atoms with Gasteiger partial charge in [-0.25, -0.2) is 4.79 Å². The number of carbonyl (C=O) groups excluding carboxylic acids is 1. The van der Waals surface area contributed by atoms with E-state index in [0.717, 1.165) is 17.5 Å². The smallest absolute Gasteiger partial charge is 0.414 e. The number of benzene rings is 2. The number of amides is 1. The molecular formula is C26H37N3O2. The predicted octanol–water partition coefficient (Wildman–Crippen LogP) is 4.63. The first-order valence-corrected chi connectivity index (χ1v) is 10.8. The molecule has 168 valence electrons. The first-order valence-electron chi connectivity index (χ1n) is 10.8. The van der Waals surface area contributed by atoms with Gasteiger partial charge in [0.15, 0.2) is 0 Å². The third-order valence-electron chi connectivity index (χ3n) is 5.77. The highest BCUT2D eigenvalue weighted by Gasteiger charge is 2.42. The Bertz CT molecular complexity index is 808. The Kier molecular flexibility index (Phi) is 8.84. The summed E-state index contributed by atoms with van der Waals surface area (Å²) in [6.07, 6.45) is 2.26. The number of hydrogen-bond donors (Lipinski definition) is 1. The summed E-state index contributed by atoms with van der Waals surface area (Å²) in [5.74, 6) is 0.625. The normalized spacial score (nSPS) is 14.3. The van der Waals surface area contributed by atoms with Crippen LogP contribution in [0.15, 0.2) is 72.5 Å². The molecule has 0 unspecified atom stereocenters. The molecule has 31 heavy (non-hydrogen) atoms. The molecule has 0 aliphatic carbocycles. The van der Waals surface area contributed by atoms with Crippen molar-refractivity contribution in [2.45, 2.75) is 44.7 Å². The van der Waals surface area contributed by atoms with E-state index >= 15 is 0 Å². The fraction of sp³-hybridized carbons (Fsp3) is 0.423. The molecule has 0 aromatic heterocycles. The molecular weight excluding hydrogens is 386 g/mol. The minimum absolute atomic E-state index is 0.131. The van der Waals surface area contributed by atoms with Crippen LogP contribution in [0.2, 0.25) is 0 Å². The molecule has 2 atom stereocenters. The molecule has 0 fully saturated rings. The van der Waals surface area contributed by atoms with Gasteiger partial charge in [0.1, 0.15) is 5.76 Å².